The molecule has 3 rings (SSSR count). The second-order valence-electron chi connectivity index (χ2n) is 10.6. The molecule has 3 unspecified atom stereocenters. The van der Waals surface area contributed by atoms with Gasteiger partial charge in [0.25, 0.3) is 0 Å². The standard InChI is InChI=1S/C31H47N3O4/c1-23(20-33-21-24(2)35)26-19-27(34-22-26)15-17-37-31-18-25(10-14-30(31)36)9-11-29-13-12-28(38-29)8-6-4-3-5-7-16-32/h10,12-14,18-19,22-24,28,33,35,38H,3-9,11,15-17,20-21,32H2,1-2H3/p+1. The molecule has 38 heavy (non-hydrogen) atoms. The van der Waals surface area contributed by atoms with E-state index in [4.69, 9.17) is 15.2 Å². The topological polar surface area (TPSA) is 113 Å². The molecule has 0 aliphatic carbocycles. The number of aromatic hydroxyl groups is 1. The summed E-state index contributed by atoms with van der Waals surface area (Å²) in [6.45, 7) is 6.56. The second kappa shape index (κ2) is 16.5. The van der Waals surface area contributed by atoms with Crippen molar-refractivity contribution in [2.45, 2.75) is 83.8 Å². The Morgan fingerprint density at radius 2 is 1.97 bits per heavy atom. The summed E-state index contributed by atoms with van der Waals surface area (Å²) < 4.78 is 10.8. The van der Waals surface area contributed by atoms with Crippen molar-refractivity contribution in [2.75, 3.05) is 26.2 Å². The summed E-state index contributed by atoms with van der Waals surface area (Å²) in [5.41, 5.74) is 7.67. The molecule has 3 atom stereocenters. The van der Waals surface area contributed by atoms with Crippen LogP contribution in [0.25, 0.3) is 0 Å². The maximum Gasteiger partial charge on any atom is 0.178 e. The summed E-state index contributed by atoms with van der Waals surface area (Å²) in [7, 11) is 0. The van der Waals surface area contributed by atoms with Gasteiger partial charge in [-0.05, 0) is 63.8 Å². The van der Waals surface area contributed by atoms with E-state index in [1.54, 1.807) is 13.0 Å². The Hall–Kier alpha value is -2.45. The van der Waals surface area contributed by atoms with E-state index in [1.807, 2.05) is 18.3 Å². The fourth-order valence-corrected chi connectivity index (χ4v) is 4.68. The van der Waals surface area contributed by atoms with Gasteiger partial charge in [-0.3, -0.25) is 0 Å². The number of unbranched alkanes of at least 4 members (excludes halogenated alkanes) is 4. The Kier molecular flexibility index (Phi) is 13.1. The lowest BCUT2D eigenvalue weighted by molar-refractivity contribution is -0.0482. The monoisotopic (exact) mass is 526 g/mol. The molecule has 0 spiro atoms. The maximum absolute atomic E-state index is 10.3. The number of nitrogens with two attached hydrogens (primary N) is 1. The minimum atomic E-state index is -0.347. The molecule has 0 amide bonds. The van der Waals surface area contributed by atoms with Crippen LogP contribution in [0.2, 0.25) is 0 Å². The molecule has 0 saturated carbocycles. The average molecular weight is 527 g/mol. The molecule has 210 valence electrons. The normalized spacial score (nSPS) is 18.3. The van der Waals surface area contributed by atoms with Crippen molar-refractivity contribution in [3.63, 3.8) is 0 Å². The number of ether oxygens (including phenoxy) is 2. The first-order valence-corrected chi connectivity index (χ1v) is 14.3. The van der Waals surface area contributed by atoms with Gasteiger partial charge in [0.05, 0.1) is 24.5 Å². The lowest BCUT2D eigenvalue weighted by Gasteiger charge is -2.17. The van der Waals surface area contributed by atoms with Crippen LogP contribution < -0.4 is 15.8 Å². The molecule has 7 heteroatoms. The molecular weight excluding hydrogens is 478 g/mol. The number of nitrogens with one attached hydrogen (secondary N) is 1. The number of allylic oxidation sites excluding steroid dienone is 1. The van der Waals surface area contributed by atoms with Gasteiger partial charge in [-0.1, -0.05) is 25.3 Å². The van der Waals surface area contributed by atoms with E-state index in [9.17, 15) is 10.2 Å². The van der Waals surface area contributed by atoms with Crippen LogP contribution in [0, 0.1) is 17.9 Å². The van der Waals surface area contributed by atoms with Gasteiger partial charge in [-0.2, -0.15) is 0 Å². The summed E-state index contributed by atoms with van der Waals surface area (Å²) in [5.74, 6) is 2.17. The fraction of sp³-hybridized carbons (Fsp3) is 0.581. The average Bonchev–Trinajstić information content (AvgIpc) is 3.56. The molecule has 7 nitrogen and oxygen atoms in total. The van der Waals surface area contributed by atoms with E-state index in [0.29, 0.717) is 37.3 Å². The molecule has 2 aliphatic rings. The molecule has 0 fully saturated rings. The first kappa shape index (κ1) is 30.1. The summed E-state index contributed by atoms with van der Waals surface area (Å²) in [6, 6.07) is 5.61. The van der Waals surface area contributed by atoms with Gasteiger partial charge in [0, 0.05) is 19.5 Å². The van der Waals surface area contributed by atoms with Crippen LogP contribution in [0.4, 0.5) is 0 Å². The minimum Gasteiger partial charge on any atom is -0.504 e. The molecular formula is C31H48N3O4+. The number of aliphatic hydroxyl groups excluding tert-OH is 1. The van der Waals surface area contributed by atoms with Gasteiger partial charge < -0.3 is 30.7 Å². The fourth-order valence-electron chi connectivity index (χ4n) is 4.68. The summed E-state index contributed by atoms with van der Waals surface area (Å²) in [4.78, 5) is 4.52. The lowest BCUT2D eigenvalue weighted by Crippen LogP contribution is -2.30. The van der Waals surface area contributed by atoms with E-state index < -0.39 is 0 Å². The largest absolute Gasteiger partial charge is 0.504 e. The van der Waals surface area contributed by atoms with Crippen LogP contribution in [0.1, 0.15) is 70.8 Å². The van der Waals surface area contributed by atoms with Gasteiger partial charge in [0.1, 0.15) is 30.9 Å². The van der Waals surface area contributed by atoms with Gasteiger partial charge in [-0.25, -0.2) is 0 Å². The predicted molar refractivity (Wildman–Crippen MR) is 155 cm³/mol. The molecule has 6 N–H and O–H groups in total. The van der Waals surface area contributed by atoms with Crippen LogP contribution in [-0.4, -0.2) is 59.6 Å². The number of nitrogens with zero attached hydrogens (tertiary/aromatic N) is 1. The Morgan fingerprint density at radius 3 is 2.79 bits per heavy atom. The number of rotatable bonds is 19. The number of aliphatic imine (C=N–C) groups is 1. The van der Waals surface area contributed by atoms with Crippen molar-refractivity contribution in [1.82, 2.24) is 5.32 Å². The second-order valence-corrected chi connectivity index (χ2v) is 10.6. The van der Waals surface area contributed by atoms with Crippen LogP contribution in [0.3, 0.4) is 0 Å². The van der Waals surface area contributed by atoms with Crippen LogP contribution in [0.15, 0.2) is 47.1 Å². The highest BCUT2D eigenvalue weighted by atomic mass is 16.5. The smallest absolute Gasteiger partial charge is 0.178 e. The third-order valence-electron chi connectivity index (χ3n) is 7.03. The lowest BCUT2D eigenvalue weighted by atomic mass is 9.95. The molecule has 0 saturated heterocycles. The zero-order valence-electron chi connectivity index (χ0n) is 23.2. The number of benzene rings is 1. The van der Waals surface area contributed by atoms with Crippen molar-refractivity contribution in [3.05, 3.63) is 59.7 Å². The molecule has 1 aromatic rings. The van der Waals surface area contributed by atoms with Crippen molar-refractivity contribution >= 4 is 6.21 Å². The van der Waals surface area contributed by atoms with Gasteiger partial charge in [-0.15, -0.1) is 17.1 Å². The molecule has 0 aromatic heterocycles. The van der Waals surface area contributed by atoms with Crippen LogP contribution >= 0.6 is 0 Å². The SMILES string of the molecule is CC(O)CNCC(C)[C+]1C=NC(CCOc2cc(CC[C-]3C=CC(CCCCCCCN)[OH+]3)ccc2O)=C1. The maximum atomic E-state index is 10.3. The van der Waals surface area contributed by atoms with E-state index in [2.05, 4.69) is 35.5 Å². The number of aliphatic hydroxyl groups is 3. The number of phenols is 1. The highest BCUT2D eigenvalue weighted by Crippen LogP contribution is 2.30. The molecule has 2 heterocycles. The Morgan fingerprint density at radius 1 is 1.16 bits per heavy atom. The third-order valence-corrected chi connectivity index (χ3v) is 7.03. The van der Waals surface area contributed by atoms with E-state index in [-0.39, 0.29) is 11.9 Å². The van der Waals surface area contributed by atoms with Gasteiger partial charge in [0.2, 0.25) is 0 Å². The Labute approximate surface area is 229 Å². The first-order valence-electron chi connectivity index (χ1n) is 14.3. The van der Waals surface area contributed by atoms with Crippen molar-refractivity contribution in [3.8, 4) is 11.5 Å². The van der Waals surface area contributed by atoms with Crippen LogP contribution in [-0.2, 0) is 6.42 Å². The number of phenolic OH excluding ortho intramolecular Hbond substituents is 1. The Bertz CT molecular complexity index is 914. The number of hydrogen-bond donors (Lipinski definition) is 4. The molecule has 0 radical (unpaired) electrons. The summed E-state index contributed by atoms with van der Waals surface area (Å²) >= 11 is 0. The van der Waals surface area contributed by atoms with Crippen molar-refractivity contribution < 1.29 is 19.7 Å². The zero-order valence-corrected chi connectivity index (χ0v) is 23.2. The first-order chi connectivity index (χ1) is 18.4. The van der Waals surface area contributed by atoms with Crippen molar-refractivity contribution in [2.24, 2.45) is 16.6 Å². The van der Waals surface area contributed by atoms with E-state index in [0.717, 1.165) is 56.1 Å². The highest BCUT2D eigenvalue weighted by Gasteiger charge is 2.27. The molecule has 1 aromatic carbocycles. The Balaban J connectivity index is 1.34. The van der Waals surface area contributed by atoms with Crippen LogP contribution in [0.5, 0.6) is 11.5 Å². The minimum absolute atomic E-state index is 0.160. The molecule has 2 aliphatic heterocycles. The predicted octanol–water partition coefficient (Wildman–Crippen LogP) is 4.54. The summed E-state index contributed by atoms with van der Waals surface area (Å²) in [6.07, 6.45) is 19.2. The van der Waals surface area contributed by atoms with Crippen molar-refractivity contribution in [1.29, 1.82) is 0 Å². The van der Waals surface area contributed by atoms with Gasteiger partial charge in [0.15, 0.2) is 17.2 Å². The van der Waals surface area contributed by atoms with E-state index in [1.165, 1.54) is 31.6 Å². The third kappa shape index (κ3) is 10.7. The highest BCUT2D eigenvalue weighted by molar-refractivity contribution is 5.82. The quantitative estimate of drug-likeness (QED) is 0.120. The van der Waals surface area contributed by atoms with E-state index >= 15 is 0 Å². The number of hydrogen-bond acceptors (Lipinski definition) is 6. The zero-order chi connectivity index (χ0) is 27.2. The number of aryl methyl sites for hydroxylation is 1. The summed E-state index contributed by atoms with van der Waals surface area (Å²) in [5, 5.41) is 23.0. The molecule has 0 bridgehead atoms. The van der Waals surface area contributed by atoms with Gasteiger partial charge >= 0.3 is 0 Å².